The van der Waals surface area contributed by atoms with Gasteiger partial charge in [-0.1, -0.05) is 6.07 Å². The lowest BCUT2D eigenvalue weighted by atomic mass is 10.1. The third-order valence-corrected chi connectivity index (χ3v) is 5.24. The molecular formula is C21H18FN3O3S. The average Bonchev–Trinajstić information content (AvgIpc) is 3.41. The van der Waals surface area contributed by atoms with Crippen LogP contribution in [0.3, 0.4) is 0 Å². The van der Waals surface area contributed by atoms with Crippen LogP contribution < -0.4 is 10.6 Å². The van der Waals surface area contributed by atoms with E-state index in [9.17, 15) is 14.0 Å². The van der Waals surface area contributed by atoms with Gasteiger partial charge in [-0.2, -0.15) is 0 Å². The summed E-state index contributed by atoms with van der Waals surface area (Å²) < 4.78 is 18.4. The van der Waals surface area contributed by atoms with Crippen LogP contribution in [-0.2, 0) is 9.53 Å². The number of ether oxygens (including phenoxy) is 1. The maximum Gasteiger partial charge on any atom is 0.257 e. The molecule has 1 unspecified atom stereocenters. The normalized spacial score (nSPS) is 15.8. The van der Waals surface area contributed by atoms with E-state index < -0.39 is 6.10 Å². The van der Waals surface area contributed by atoms with E-state index in [1.807, 2.05) is 0 Å². The average molecular weight is 411 g/mol. The predicted molar refractivity (Wildman–Crippen MR) is 110 cm³/mol. The number of hydrogen-bond donors (Lipinski definition) is 2. The number of aromatic nitrogens is 1. The Bertz CT molecular complexity index is 1030. The maximum atomic E-state index is 13.1. The lowest BCUT2D eigenvalue weighted by molar-refractivity contribution is -0.124. The van der Waals surface area contributed by atoms with Gasteiger partial charge in [-0.15, -0.1) is 11.3 Å². The van der Waals surface area contributed by atoms with Crippen molar-refractivity contribution in [1.82, 2.24) is 4.98 Å². The number of benzene rings is 2. The van der Waals surface area contributed by atoms with Crippen LogP contribution >= 0.6 is 11.3 Å². The standard InChI is InChI=1S/C21H18FN3O3S/c22-15-8-6-13(7-9-15)17-12-29-21(24-17)25-19(26)14-3-1-4-16(11-14)23-20(27)18-5-2-10-28-18/h1,3-4,6-9,11-12,18H,2,5,10H2,(H,23,27)(H,24,25,26). The number of rotatable bonds is 5. The Morgan fingerprint density at radius 2 is 1.97 bits per heavy atom. The van der Waals surface area contributed by atoms with Gasteiger partial charge in [0.05, 0.1) is 5.69 Å². The molecule has 1 atom stereocenters. The molecule has 0 saturated carbocycles. The number of hydrogen-bond acceptors (Lipinski definition) is 5. The highest BCUT2D eigenvalue weighted by Gasteiger charge is 2.23. The zero-order chi connectivity index (χ0) is 20.2. The van der Waals surface area contributed by atoms with E-state index in [1.54, 1.807) is 41.8 Å². The second kappa shape index (κ2) is 8.50. The summed E-state index contributed by atoms with van der Waals surface area (Å²) in [5, 5.41) is 7.76. The molecule has 1 aliphatic heterocycles. The van der Waals surface area contributed by atoms with E-state index in [-0.39, 0.29) is 17.6 Å². The highest BCUT2D eigenvalue weighted by molar-refractivity contribution is 7.14. The zero-order valence-electron chi connectivity index (χ0n) is 15.4. The van der Waals surface area contributed by atoms with Crippen LogP contribution in [-0.4, -0.2) is 29.5 Å². The van der Waals surface area contributed by atoms with Crippen molar-refractivity contribution in [2.75, 3.05) is 17.2 Å². The molecule has 2 N–H and O–H groups in total. The molecule has 2 amide bonds. The van der Waals surface area contributed by atoms with E-state index in [1.165, 1.54) is 23.5 Å². The summed E-state index contributed by atoms with van der Waals surface area (Å²) in [6, 6.07) is 12.7. The van der Waals surface area contributed by atoms with Gasteiger partial charge in [0.15, 0.2) is 5.13 Å². The number of anilines is 2. The quantitative estimate of drug-likeness (QED) is 0.655. The molecule has 1 fully saturated rings. The van der Waals surface area contributed by atoms with Crippen LogP contribution in [0.4, 0.5) is 15.2 Å². The largest absolute Gasteiger partial charge is 0.368 e. The summed E-state index contributed by atoms with van der Waals surface area (Å²) in [4.78, 5) is 29.1. The van der Waals surface area contributed by atoms with Crippen molar-refractivity contribution in [2.45, 2.75) is 18.9 Å². The zero-order valence-corrected chi connectivity index (χ0v) is 16.2. The van der Waals surface area contributed by atoms with Crippen molar-refractivity contribution in [3.05, 3.63) is 65.3 Å². The van der Waals surface area contributed by atoms with E-state index in [0.717, 1.165) is 12.0 Å². The molecule has 2 heterocycles. The molecule has 0 aliphatic carbocycles. The van der Waals surface area contributed by atoms with Gasteiger partial charge in [-0.05, 0) is 55.3 Å². The Morgan fingerprint density at radius 1 is 1.14 bits per heavy atom. The summed E-state index contributed by atoms with van der Waals surface area (Å²) in [5.41, 5.74) is 2.35. The lowest BCUT2D eigenvalue weighted by Gasteiger charge is -2.11. The smallest absolute Gasteiger partial charge is 0.257 e. The molecule has 6 nitrogen and oxygen atoms in total. The van der Waals surface area contributed by atoms with Crippen molar-refractivity contribution in [3.8, 4) is 11.3 Å². The van der Waals surface area contributed by atoms with Crippen LogP contribution in [0, 0.1) is 5.82 Å². The Kier molecular flexibility index (Phi) is 5.64. The highest BCUT2D eigenvalue weighted by Crippen LogP contribution is 2.25. The van der Waals surface area contributed by atoms with E-state index >= 15 is 0 Å². The summed E-state index contributed by atoms with van der Waals surface area (Å²) >= 11 is 1.28. The topological polar surface area (TPSA) is 80.3 Å². The van der Waals surface area contributed by atoms with Crippen LogP contribution in [0.1, 0.15) is 23.2 Å². The Hall–Kier alpha value is -3.10. The number of carbonyl (C=O) groups excluding carboxylic acids is 2. The molecule has 1 saturated heterocycles. The number of nitrogens with zero attached hydrogens (tertiary/aromatic N) is 1. The van der Waals surface area contributed by atoms with E-state index in [4.69, 9.17) is 4.74 Å². The van der Waals surface area contributed by atoms with Crippen molar-refractivity contribution >= 4 is 34.0 Å². The Balaban J connectivity index is 1.42. The first-order valence-electron chi connectivity index (χ1n) is 9.14. The van der Waals surface area contributed by atoms with E-state index in [2.05, 4.69) is 15.6 Å². The van der Waals surface area contributed by atoms with Crippen LogP contribution in [0.2, 0.25) is 0 Å². The van der Waals surface area contributed by atoms with Crippen LogP contribution in [0.5, 0.6) is 0 Å². The minimum absolute atomic E-state index is 0.205. The van der Waals surface area contributed by atoms with Gasteiger partial charge < -0.3 is 10.1 Å². The van der Waals surface area contributed by atoms with Gasteiger partial charge in [0.1, 0.15) is 11.9 Å². The summed E-state index contributed by atoms with van der Waals surface area (Å²) in [6.07, 6.45) is 1.13. The molecule has 0 spiro atoms. The predicted octanol–water partition coefficient (Wildman–Crippen LogP) is 4.32. The highest BCUT2D eigenvalue weighted by atomic mass is 32.1. The minimum atomic E-state index is -0.437. The first-order chi connectivity index (χ1) is 14.1. The number of nitrogens with one attached hydrogen (secondary N) is 2. The summed E-state index contributed by atoms with van der Waals surface area (Å²) in [6.45, 7) is 0.592. The fourth-order valence-corrected chi connectivity index (χ4v) is 3.71. The molecule has 0 radical (unpaired) electrons. The molecule has 2 aromatic carbocycles. The van der Waals surface area contributed by atoms with Crippen molar-refractivity contribution in [3.63, 3.8) is 0 Å². The van der Waals surface area contributed by atoms with Gasteiger partial charge in [0.2, 0.25) is 0 Å². The van der Waals surface area contributed by atoms with E-state index in [0.29, 0.717) is 35.1 Å². The molecule has 1 aromatic heterocycles. The number of thiazole rings is 1. The molecule has 0 bridgehead atoms. The Morgan fingerprint density at radius 3 is 2.72 bits per heavy atom. The first kappa shape index (κ1) is 19.2. The van der Waals surface area contributed by atoms with Crippen LogP contribution in [0.15, 0.2) is 53.9 Å². The van der Waals surface area contributed by atoms with Gasteiger partial charge in [-0.25, -0.2) is 9.37 Å². The number of carbonyl (C=O) groups is 2. The van der Waals surface area contributed by atoms with Gasteiger partial charge >= 0.3 is 0 Å². The molecular weight excluding hydrogens is 393 g/mol. The van der Waals surface area contributed by atoms with Crippen molar-refractivity contribution in [1.29, 1.82) is 0 Å². The first-order valence-corrected chi connectivity index (χ1v) is 10.0. The van der Waals surface area contributed by atoms with Gasteiger partial charge in [-0.3, -0.25) is 14.9 Å². The minimum Gasteiger partial charge on any atom is -0.368 e. The summed E-state index contributed by atoms with van der Waals surface area (Å²) in [5.74, 6) is -0.855. The number of amides is 2. The lowest BCUT2D eigenvalue weighted by Crippen LogP contribution is -2.27. The second-order valence-corrected chi connectivity index (χ2v) is 7.43. The van der Waals surface area contributed by atoms with Crippen LogP contribution in [0.25, 0.3) is 11.3 Å². The van der Waals surface area contributed by atoms with Crippen molar-refractivity contribution < 1.29 is 18.7 Å². The van der Waals surface area contributed by atoms with Gasteiger partial charge in [0, 0.05) is 28.8 Å². The fourth-order valence-electron chi connectivity index (χ4n) is 3.00. The Labute approximate surface area is 170 Å². The molecule has 1 aliphatic rings. The monoisotopic (exact) mass is 411 g/mol. The molecule has 29 heavy (non-hydrogen) atoms. The maximum absolute atomic E-state index is 13.1. The fraction of sp³-hybridized carbons (Fsp3) is 0.190. The molecule has 3 aromatic rings. The molecule has 8 heteroatoms. The number of halogens is 1. The second-order valence-electron chi connectivity index (χ2n) is 6.57. The summed E-state index contributed by atoms with van der Waals surface area (Å²) in [7, 11) is 0. The third kappa shape index (κ3) is 4.67. The molecule has 148 valence electrons. The molecule has 4 rings (SSSR count). The van der Waals surface area contributed by atoms with Crippen molar-refractivity contribution in [2.24, 2.45) is 0 Å². The van der Waals surface area contributed by atoms with Gasteiger partial charge in [0.25, 0.3) is 11.8 Å². The third-order valence-electron chi connectivity index (χ3n) is 4.48. The SMILES string of the molecule is O=C(Nc1nc(-c2ccc(F)cc2)cs1)c1cccc(NC(=O)C2CCCO2)c1.